The van der Waals surface area contributed by atoms with Gasteiger partial charge in [0.2, 0.25) is 0 Å². The number of nitrogens with zero attached hydrogens (tertiary/aromatic N) is 1. The molecular formula is C38H68NO2PSSn2. The second-order valence-electron chi connectivity index (χ2n) is 14.5. The zero-order valence-electron chi connectivity index (χ0n) is 30.4. The number of sulfonamides is 1. The topological polar surface area (TPSA) is 46.5 Å². The maximum atomic E-state index is 14.0. The second kappa shape index (κ2) is 19.0. The molecule has 1 aliphatic heterocycles. The van der Waals surface area contributed by atoms with Crippen LogP contribution in [0.5, 0.6) is 0 Å². The van der Waals surface area contributed by atoms with Crippen LogP contribution in [0.25, 0.3) is 0 Å². The first-order chi connectivity index (χ1) is 21.6. The Bertz CT molecular complexity index is 1200. The average Bonchev–Trinajstić information content (AvgIpc) is 3.59. The number of unbranched alkanes of at least 4 members (excludes halogenated alkanes) is 6. The summed E-state index contributed by atoms with van der Waals surface area (Å²) in [4.78, 5) is 0. The van der Waals surface area contributed by atoms with E-state index < -0.39 is 53.8 Å². The summed E-state index contributed by atoms with van der Waals surface area (Å²) >= 11 is -6.33. The van der Waals surface area contributed by atoms with Gasteiger partial charge in [0.25, 0.3) is 0 Å². The molecule has 1 heterocycles. The van der Waals surface area contributed by atoms with Gasteiger partial charge in [-0.15, -0.1) is 0 Å². The molecular weight excluding hydrogens is 803 g/mol. The predicted molar refractivity (Wildman–Crippen MR) is 208 cm³/mol. The number of rotatable bonds is 22. The molecule has 3 rings (SSSR count). The number of hydrogen-bond acceptors (Lipinski definition) is 2. The van der Waals surface area contributed by atoms with Crippen molar-refractivity contribution in [2.24, 2.45) is 4.15 Å². The fourth-order valence-electron chi connectivity index (χ4n) is 8.90. The summed E-state index contributed by atoms with van der Waals surface area (Å²) < 4.78 is 45.4. The van der Waals surface area contributed by atoms with Crippen LogP contribution >= 0.6 is 7.05 Å². The van der Waals surface area contributed by atoms with Crippen LogP contribution in [0.2, 0.25) is 26.6 Å². The van der Waals surface area contributed by atoms with Gasteiger partial charge in [0.1, 0.15) is 0 Å². The molecule has 45 heavy (non-hydrogen) atoms. The summed E-state index contributed by atoms with van der Waals surface area (Å²) in [6.45, 7) is 14.2. The van der Waals surface area contributed by atoms with Gasteiger partial charge >= 0.3 is 291 Å². The van der Waals surface area contributed by atoms with Crippen LogP contribution < -0.4 is 5.30 Å². The summed E-state index contributed by atoms with van der Waals surface area (Å²) in [7, 11) is -6.20. The SMILES string of the molecule is CCC[CH2][Sn]([CH2]CCC)([CH2]CCC)[C]1=C2CCCC2=[C]([Sn]([CH2]CCC)([CH2]CCC)[CH2]CCC)P1(=NS(C)(=O)=O)c1ccccc1. The molecule has 1 fully saturated rings. The van der Waals surface area contributed by atoms with Gasteiger partial charge in [0, 0.05) is 0 Å². The summed E-state index contributed by atoms with van der Waals surface area (Å²) in [5.74, 6) is 0. The Morgan fingerprint density at radius 1 is 0.600 bits per heavy atom. The zero-order chi connectivity index (χ0) is 33.0. The van der Waals surface area contributed by atoms with Crippen molar-refractivity contribution in [2.45, 2.75) is 164 Å². The van der Waals surface area contributed by atoms with E-state index in [4.69, 9.17) is 4.15 Å². The maximum absolute atomic E-state index is 14.0. The first-order valence-electron chi connectivity index (χ1n) is 19.0. The third-order valence-electron chi connectivity index (χ3n) is 10.9. The van der Waals surface area contributed by atoms with Crippen LogP contribution in [-0.2, 0) is 10.0 Å². The van der Waals surface area contributed by atoms with Crippen molar-refractivity contribution in [3.8, 4) is 0 Å². The van der Waals surface area contributed by atoms with Gasteiger partial charge in [-0.25, -0.2) is 0 Å². The average molecular weight is 871 g/mol. The van der Waals surface area contributed by atoms with Crippen LogP contribution in [-0.4, -0.2) is 51.4 Å². The van der Waals surface area contributed by atoms with Gasteiger partial charge in [-0.1, -0.05) is 0 Å². The van der Waals surface area contributed by atoms with E-state index >= 15 is 0 Å². The third-order valence-corrected chi connectivity index (χ3v) is 57.7. The molecule has 7 heteroatoms. The van der Waals surface area contributed by atoms with E-state index in [1.165, 1.54) is 134 Å². The zero-order valence-corrected chi connectivity index (χ0v) is 37.8. The van der Waals surface area contributed by atoms with E-state index in [2.05, 4.69) is 71.9 Å². The predicted octanol–water partition coefficient (Wildman–Crippen LogP) is 13.0. The molecule has 0 spiro atoms. The number of hydrogen-bond donors (Lipinski definition) is 0. The van der Waals surface area contributed by atoms with Crippen molar-refractivity contribution >= 4 is 59.1 Å². The molecule has 1 aromatic rings. The van der Waals surface area contributed by atoms with Gasteiger partial charge < -0.3 is 0 Å². The van der Waals surface area contributed by atoms with Crippen LogP contribution in [0, 0.1) is 0 Å². The van der Waals surface area contributed by atoms with Gasteiger partial charge in [-0.2, -0.15) is 0 Å². The molecule has 0 saturated heterocycles. The van der Waals surface area contributed by atoms with E-state index in [0.717, 1.165) is 0 Å². The molecule has 1 saturated carbocycles. The molecule has 0 N–H and O–H groups in total. The molecule has 1 aliphatic carbocycles. The fourth-order valence-corrected chi connectivity index (χ4v) is 72.1. The van der Waals surface area contributed by atoms with Gasteiger partial charge in [-0.3, -0.25) is 0 Å². The van der Waals surface area contributed by atoms with Crippen LogP contribution in [0.4, 0.5) is 0 Å². The number of benzene rings is 1. The fraction of sp³-hybridized carbons (Fsp3) is 0.737. The quantitative estimate of drug-likeness (QED) is 0.0861. The molecule has 3 nitrogen and oxygen atoms in total. The molecule has 0 aromatic heterocycles. The first kappa shape index (κ1) is 39.9. The van der Waals surface area contributed by atoms with E-state index in [1.807, 2.05) is 0 Å². The monoisotopic (exact) mass is 873 g/mol. The van der Waals surface area contributed by atoms with Crippen molar-refractivity contribution in [1.82, 2.24) is 0 Å². The van der Waals surface area contributed by atoms with Gasteiger partial charge in [0.15, 0.2) is 0 Å². The van der Waals surface area contributed by atoms with Crippen LogP contribution in [0.15, 0.2) is 52.3 Å². The minimum absolute atomic E-state index is 1.18. The minimum atomic E-state index is -3.58. The molecule has 0 radical (unpaired) electrons. The van der Waals surface area contributed by atoms with Crippen LogP contribution in [0.3, 0.4) is 0 Å². The Kier molecular flexibility index (Phi) is 16.9. The van der Waals surface area contributed by atoms with Crippen molar-refractivity contribution in [3.63, 3.8) is 0 Å². The van der Waals surface area contributed by atoms with E-state index in [-0.39, 0.29) is 0 Å². The Hall–Kier alpha value is 0.477. The first-order valence-corrected chi connectivity index (χ1v) is 37.6. The van der Waals surface area contributed by atoms with Crippen molar-refractivity contribution < 1.29 is 8.42 Å². The summed E-state index contributed by atoms with van der Waals surface area (Å²) in [5.41, 5.74) is 3.44. The molecule has 0 unspecified atom stereocenters. The Labute approximate surface area is 288 Å². The Balaban J connectivity index is 2.63. The van der Waals surface area contributed by atoms with Crippen LogP contribution in [0.1, 0.15) is 138 Å². The normalized spacial score (nSPS) is 17.0. The number of allylic oxidation sites excluding steroid dienone is 2. The Morgan fingerprint density at radius 3 is 1.22 bits per heavy atom. The molecule has 256 valence electrons. The third kappa shape index (κ3) is 9.38. The summed E-state index contributed by atoms with van der Waals surface area (Å²) in [6.07, 6.45) is 20.3. The molecule has 0 amide bonds. The van der Waals surface area contributed by atoms with Crippen molar-refractivity contribution in [1.29, 1.82) is 0 Å². The van der Waals surface area contributed by atoms with Crippen molar-refractivity contribution in [2.75, 3.05) is 6.26 Å². The van der Waals surface area contributed by atoms with E-state index in [0.29, 0.717) is 0 Å². The van der Waals surface area contributed by atoms with Gasteiger partial charge in [0.05, 0.1) is 0 Å². The molecule has 0 bridgehead atoms. The van der Waals surface area contributed by atoms with E-state index in [1.54, 1.807) is 17.8 Å². The Morgan fingerprint density at radius 2 is 0.933 bits per heavy atom. The van der Waals surface area contributed by atoms with Gasteiger partial charge in [-0.05, 0) is 0 Å². The summed E-state index contributed by atoms with van der Waals surface area (Å²) in [5, 5.41) is 1.31. The number of fused-ring (bicyclic) bond motifs is 1. The van der Waals surface area contributed by atoms with E-state index in [9.17, 15) is 8.42 Å². The second-order valence-corrected chi connectivity index (χ2v) is 47.7. The molecule has 1 aromatic carbocycles. The molecule has 0 atom stereocenters. The standard InChI is InChI=1S/C14H14NO2PS.6C4H9.2Sn/c1-19(16,17)15-18(14-8-3-2-4-9-14)10-12-6-5-7-13(12)11-18;6*1-3-4-2;;/h2-4,8-9H,5-7H2,1H3;6*1,3-4H2,2H3;;. The summed E-state index contributed by atoms with van der Waals surface area (Å²) in [6, 6.07) is 11.2. The van der Waals surface area contributed by atoms with Crippen molar-refractivity contribution in [3.05, 3.63) is 48.1 Å². The molecule has 2 aliphatic rings.